The number of nitrogens with one attached hydrogen (secondary N) is 1. The lowest BCUT2D eigenvalue weighted by atomic mass is 9.95. The Morgan fingerprint density at radius 3 is 2.63 bits per heavy atom. The van der Waals surface area contributed by atoms with E-state index >= 15 is 0 Å². The number of benzene rings is 1. The first-order chi connectivity index (χ1) is 9.29. The van der Waals surface area contributed by atoms with Gasteiger partial charge in [0, 0.05) is 24.2 Å². The molecule has 1 aromatic carbocycles. The van der Waals surface area contributed by atoms with Crippen molar-refractivity contribution in [3.8, 4) is 0 Å². The van der Waals surface area contributed by atoms with E-state index in [2.05, 4.69) is 40.2 Å². The van der Waals surface area contributed by atoms with Crippen molar-refractivity contribution in [3.63, 3.8) is 0 Å². The summed E-state index contributed by atoms with van der Waals surface area (Å²) in [6, 6.07) is 8.30. The lowest BCUT2D eigenvalue weighted by Crippen LogP contribution is -2.42. The third kappa shape index (κ3) is 2.24. The maximum atomic E-state index is 5.75. The maximum absolute atomic E-state index is 5.75. The van der Waals surface area contributed by atoms with Crippen LogP contribution in [0.1, 0.15) is 24.0 Å². The maximum Gasteiger partial charge on any atom is 0.156 e. The van der Waals surface area contributed by atoms with Crippen molar-refractivity contribution >= 4 is 11.5 Å². The van der Waals surface area contributed by atoms with Gasteiger partial charge in [-0.1, -0.05) is 30.8 Å². The zero-order chi connectivity index (χ0) is 13.2. The van der Waals surface area contributed by atoms with Gasteiger partial charge >= 0.3 is 0 Å². The quantitative estimate of drug-likeness (QED) is 0.802. The first-order valence-corrected chi connectivity index (χ1v) is 6.87. The average Bonchev–Trinajstić information content (AvgIpc) is 2.48. The molecule has 19 heavy (non-hydrogen) atoms. The number of hydrogen-bond acceptors (Lipinski definition) is 4. The predicted octanol–water partition coefficient (Wildman–Crippen LogP) is 1.59. The van der Waals surface area contributed by atoms with Crippen molar-refractivity contribution in [2.45, 2.75) is 12.8 Å². The monoisotopic (exact) mass is 256 g/mol. The Balaban J connectivity index is 1.84. The van der Waals surface area contributed by atoms with Crippen LogP contribution in [0.2, 0.25) is 0 Å². The molecular weight excluding hydrogens is 236 g/mol. The van der Waals surface area contributed by atoms with Crippen LogP contribution in [-0.4, -0.2) is 30.4 Å². The van der Waals surface area contributed by atoms with E-state index in [9.17, 15) is 0 Å². The van der Waals surface area contributed by atoms with E-state index in [1.807, 2.05) is 6.07 Å². The molecule has 1 aromatic rings. The lowest BCUT2D eigenvalue weighted by molar-refractivity contribution is 0.270. The van der Waals surface area contributed by atoms with E-state index in [0.717, 1.165) is 49.6 Å². The molecule has 2 aliphatic heterocycles. The topological polar surface area (TPSA) is 53.7 Å². The molecule has 0 aromatic heterocycles. The first-order valence-electron chi connectivity index (χ1n) is 6.87. The molecule has 100 valence electrons. The number of nitrogens with two attached hydrogens (primary N) is 1. The molecule has 3 N–H and O–H groups in total. The molecule has 0 radical (unpaired) electrons. The molecule has 3 rings (SSSR count). The van der Waals surface area contributed by atoms with E-state index in [1.54, 1.807) is 0 Å². The van der Waals surface area contributed by atoms with Gasteiger partial charge in [-0.3, -0.25) is 5.43 Å². The van der Waals surface area contributed by atoms with E-state index < -0.39 is 0 Å². The Morgan fingerprint density at radius 2 is 1.95 bits per heavy atom. The van der Waals surface area contributed by atoms with E-state index in [4.69, 9.17) is 5.73 Å². The third-order valence-corrected chi connectivity index (χ3v) is 4.04. The second-order valence-electron chi connectivity index (χ2n) is 5.24. The third-order valence-electron chi connectivity index (χ3n) is 4.04. The number of amidine groups is 1. The molecule has 1 fully saturated rings. The highest BCUT2D eigenvalue weighted by atomic mass is 15.4. The van der Waals surface area contributed by atoms with Crippen molar-refractivity contribution in [2.75, 3.05) is 19.6 Å². The van der Waals surface area contributed by atoms with Crippen molar-refractivity contribution in [2.24, 2.45) is 16.8 Å². The van der Waals surface area contributed by atoms with Gasteiger partial charge in [-0.05, 0) is 25.3 Å². The fourth-order valence-corrected chi connectivity index (χ4v) is 2.80. The van der Waals surface area contributed by atoms with Gasteiger partial charge < -0.3 is 10.6 Å². The highest BCUT2D eigenvalue weighted by molar-refractivity contribution is 6.04. The zero-order valence-electron chi connectivity index (χ0n) is 11.1. The summed E-state index contributed by atoms with van der Waals surface area (Å²) in [4.78, 5) is 2.35. The number of hydrogen-bond donors (Lipinski definition) is 2. The summed E-state index contributed by atoms with van der Waals surface area (Å²) < 4.78 is 0. The van der Waals surface area contributed by atoms with Crippen LogP contribution < -0.4 is 11.2 Å². The van der Waals surface area contributed by atoms with Crippen LogP contribution in [0.3, 0.4) is 0 Å². The molecule has 0 unspecified atom stereocenters. The van der Waals surface area contributed by atoms with E-state index in [1.165, 1.54) is 5.56 Å². The molecule has 2 aliphatic rings. The molecular formula is C15H20N4. The highest BCUT2D eigenvalue weighted by Crippen LogP contribution is 2.25. The van der Waals surface area contributed by atoms with Crippen LogP contribution in [0.25, 0.3) is 5.70 Å². The molecule has 2 heterocycles. The minimum absolute atomic E-state index is 0.665. The summed E-state index contributed by atoms with van der Waals surface area (Å²) in [6.07, 6.45) is 2.30. The van der Waals surface area contributed by atoms with Gasteiger partial charge in [0.25, 0.3) is 0 Å². The number of fused-ring (bicyclic) bond motifs is 1. The molecule has 0 aliphatic carbocycles. The van der Waals surface area contributed by atoms with Crippen LogP contribution in [0.5, 0.6) is 0 Å². The first kappa shape index (κ1) is 12.2. The molecule has 0 saturated carbocycles. The fraction of sp³-hybridized carbons (Fsp3) is 0.400. The fourth-order valence-electron chi connectivity index (χ4n) is 2.80. The van der Waals surface area contributed by atoms with E-state index in [-0.39, 0.29) is 0 Å². The van der Waals surface area contributed by atoms with Crippen LogP contribution >= 0.6 is 0 Å². The second-order valence-corrected chi connectivity index (χ2v) is 5.24. The Morgan fingerprint density at radius 1 is 1.26 bits per heavy atom. The van der Waals surface area contributed by atoms with Gasteiger partial charge in [0.1, 0.15) is 0 Å². The number of rotatable bonds is 1. The van der Waals surface area contributed by atoms with Crippen molar-refractivity contribution in [1.82, 2.24) is 10.3 Å². The predicted molar refractivity (Wildman–Crippen MR) is 78.5 cm³/mol. The average molecular weight is 256 g/mol. The minimum Gasteiger partial charge on any atom is -0.355 e. The van der Waals surface area contributed by atoms with Gasteiger partial charge in [0.2, 0.25) is 0 Å². The number of nitrogens with zero attached hydrogens (tertiary/aromatic N) is 2. The smallest absolute Gasteiger partial charge is 0.156 e. The van der Waals surface area contributed by atoms with Gasteiger partial charge in [-0.25, -0.2) is 0 Å². The number of likely N-dealkylation sites (tertiary alicyclic amines) is 1. The second kappa shape index (κ2) is 5.05. The van der Waals surface area contributed by atoms with Crippen molar-refractivity contribution in [3.05, 3.63) is 42.0 Å². The number of piperidine rings is 1. The van der Waals surface area contributed by atoms with Crippen LogP contribution in [0, 0.1) is 5.92 Å². The summed E-state index contributed by atoms with van der Waals surface area (Å²) in [5, 5.41) is 4.49. The van der Waals surface area contributed by atoms with Crippen LogP contribution in [-0.2, 0) is 0 Å². The number of hydrazone groups is 1. The minimum atomic E-state index is 0.665. The van der Waals surface area contributed by atoms with Gasteiger partial charge in [0.15, 0.2) is 5.84 Å². The lowest BCUT2D eigenvalue weighted by Gasteiger charge is -2.35. The van der Waals surface area contributed by atoms with E-state index in [0.29, 0.717) is 5.92 Å². The SMILES string of the molecule is C=C1NN=C(N2CCC(CN)CC2)c2ccccc21. The van der Waals surface area contributed by atoms with Gasteiger partial charge in [0.05, 0.1) is 5.70 Å². The molecule has 0 bridgehead atoms. The Kier molecular flexibility index (Phi) is 3.25. The molecule has 4 nitrogen and oxygen atoms in total. The molecule has 0 atom stereocenters. The van der Waals surface area contributed by atoms with Gasteiger partial charge in [-0.15, -0.1) is 0 Å². The van der Waals surface area contributed by atoms with Crippen molar-refractivity contribution < 1.29 is 0 Å². The summed E-state index contributed by atoms with van der Waals surface area (Å²) in [7, 11) is 0. The summed E-state index contributed by atoms with van der Waals surface area (Å²) in [5.74, 6) is 1.71. The summed E-state index contributed by atoms with van der Waals surface area (Å²) >= 11 is 0. The molecule has 4 heteroatoms. The largest absolute Gasteiger partial charge is 0.355 e. The Bertz CT molecular complexity index is 513. The standard InChI is InChI=1S/C15H20N4/c1-11-13-4-2-3-5-14(13)15(18-17-11)19-8-6-12(10-16)7-9-19/h2-5,12,17H,1,6-10,16H2. The Hall–Kier alpha value is -1.81. The molecule has 1 saturated heterocycles. The van der Waals surface area contributed by atoms with Crippen LogP contribution in [0.15, 0.2) is 35.9 Å². The van der Waals surface area contributed by atoms with Gasteiger partial charge in [-0.2, -0.15) is 5.10 Å². The normalized spacial score (nSPS) is 19.7. The highest BCUT2D eigenvalue weighted by Gasteiger charge is 2.25. The summed E-state index contributed by atoms with van der Waals surface area (Å²) in [5.41, 5.74) is 12.0. The zero-order valence-corrected chi connectivity index (χ0v) is 11.1. The van der Waals surface area contributed by atoms with Crippen molar-refractivity contribution in [1.29, 1.82) is 0 Å². The Labute approximate surface area is 114 Å². The van der Waals surface area contributed by atoms with Crippen LogP contribution in [0.4, 0.5) is 0 Å². The molecule has 0 spiro atoms. The molecule has 0 amide bonds. The summed E-state index contributed by atoms with van der Waals surface area (Å²) in [6.45, 7) is 6.87.